The summed E-state index contributed by atoms with van der Waals surface area (Å²) < 4.78 is 11.1. The van der Waals surface area contributed by atoms with Gasteiger partial charge in [0.2, 0.25) is 0 Å². The van der Waals surface area contributed by atoms with E-state index in [0.29, 0.717) is 0 Å². The molecule has 0 atom stereocenters. The van der Waals surface area contributed by atoms with Crippen LogP contribution in [0.2, 0.25) is 0 Å². The Morgan fingerprint density at radius 3 is 2.68 bits per heavy atom. The average molecular weight is 301 g/mol. The van der Waals surface area contributed by atoms with Crippen molar-refractivity contribution in [1.29, 1.82) is 0 Å². The predicted molar refractivity (Wildman–Crippen MR) is 92.6 cm³/mol. The van der Waals surface area contributed by atoms with Crippen LogP contribution in [0.5, 0.6) is 5.75 Å². The lowest BCUT2D eigenvalue weighted by Gasteiger charge is -2.15. The molecule has 3 heteroatoms. The van der Waals surface area contributed by atoms with Gasteiger partial charge in [-0.25, -0.2) is 0 Å². The number of rotatable bonds is 10. The number of nitrogens with one attached hydrogen (secondary N) is 1. The molecule has 0 aliphatic heterocycles. The van der Waals surface area contributed by atoms with Gasteiger partial charge in [0.15, 0.2) is 0 Å². The summed E-state index contributed by atoms with van der Waals surface area (Å²) >= 11 is 0. The minimum atomic E-state index is 0.720. The summed E-state index contributed by atoms with van der Waals surface area (Å²) in [6.07, 6.45) is 3.54. The molecule has 0 saturated heterocycles. The Labute approximate surface area is 133 Å². The largest absolute Gasteiger partial charge is 0.493 e. The molecule has 2 aromatic carbocycles. The van der Waals surface area contributed by atoms with Crippen LogP contribution in [-0.4, -0.2) is 26.9 Å². The number of hydrogen-bond donors (Lipinski definition) is 1. The first-order chi connectivity index (χ1) is 10.9. The highest BCUT2D eigenvalue weighted by Crippen LogP contribution is 2.28. The highest BCUT2D eigenvalue weighted by Gasteiger charge is 2.08. The monoisotopic (exact) mass is 301 g/mol. The van der Waals surface area contributed by atoms with Gasteiger partial charge in [-0.05, 0) is 23.3 Å². The minimum absolute atomic E-state index is 0.720. The van der Waals surface area contributed by atoms with Crippen LogP contribution in [0.4, 0.5) is 0 Å². The van der Waals surface area contributed by atoms with Crippen molar-refractivity contribution in [3.8, 4) is 5.75 Å². The maximum absolute atomic E-state index is 6.03. The standard InChI is InChI=1S/C19H27NO2/c1-3-4-7-13-22-19-11-10-16-8-5-6-9-17(16)18(19)15-20-12-14-21-2/h5-6,8-11,20H,3-4,7,12-15H2,1-2H3. The van der Waals surface area contributed by atoms with Crippen molar-refractivity contribution in [3.63, 3.8) is 0 Å². The van der Waals surface area contributed by atoms with E-state index in [-0.39, 0.29) is 0 Å². The third-order valence-corrected chi connectivity index (χ3v) is 3.79. The fourth-order valence-corrected chi connectivity index (χ4v) is 2.56. The molecule has 0 unspecified atom stereocenters. The van der Waals surface area contributed by atoms with Crippen LogP contribution >= 0.6 is 0 Å². The zero-order chi connectivity index (χ0) is 15.6. The second-order valence-electron chi connectivity index (χ2n) is 5.49. The zero-order valence-electron chi connectivity index (χ0n) is 13.7. The molecule has 0 radical (unpaired) electrons. The molecule has 22 heavy (non-hydrogen) atoms. The Hall–Kier alpha value is -1.58. The highest BCUT2D eigenvalue weighted by atomic mass is 16.5. The van der Waals surface area contributed by atoms with E-state index in [1.54, 1.807) is 7.11 Å². The topological polar surface area (TPSA) is 30.5 Å². The summed E-state index contributed by atoms with van der Waals surface area (Å²) in [6.45, 7) is 5.36. The smallest absolute Gasteiger partial charge is 0.124 e. The van der Waals surface area contributed by atoms with Crippen LogP contribution in [0.15, 0.2) is 36.4 Å². The first kappa shape index (κ1) is 16.8. The third-order valence-electron chi connectivity index (χ3n) is 3.79. The van der Waals surface area contributed by atoms with Crippen LogP contribution < -0.4 is 10.1 Å². The summed E-state index contributed by atoms with van der Waals surface area (Å²) in [7, 11) is 1.72. The molecular formula is C19H27NO2. The van der Waals surface area contributed by atoms with Crippen molar-refractivity contribution in [1.82, 2.24) is 5.32 Å². The van der Waals surface area contributed by atoms with Gasteiger partial charge >= 0.3 is 0 Å². The van der Waals surface area contributed by atoms with Crippen LogP contribution in [0.1, 0.15) is 31.7 Å². The number of fused-ring (bicyclic) bond motifs is 1. The van der Waals surface area contributed by atoms with Gasteiger partial charge < -0.3 is 14.8 Å². The van der Waals surface area contributed by atoms with E-state index < -0.39 is 0 Å². The van der Waals surface area contributed by atoms with E-state index in [2.05, 4.69) is 48.6 Å². The highest BCUT2D eigenvalue weighted by molar-refractivity contribution is 5.87. The lowest BCUT2D eigenvalue weighted by atomic mass is 10.0. The molecule has 1 N–H and O–H groups in total. The molecule has 0 heterocycles. The van der Waals surface area contributed by atoms with Gasteiger partial charge in [-0.3, -0.25) is 0 Å². The van der Waals surface area contributed by atoms with Gasteiger partial charge in [0.1, 0.15) is 5.75 Å². The van der Waals surface area contributed by atoms with Crippen molar-refractivity contribution >= 4 is 10.8 Å². The second kappa shape index (κ2) is 9.44. The fraction of sp³-hybridized carbons (Fsp3) is 0.474. The molecule has 3 nitrogen and oxygen atoms in total. The molecule has 0 aliphatic carbocycles. The van der Waals surface area contributed by atoms with E-state index >= 15 is 0 Å². The number of hydrogen-bond acceptors (Lipinski definition) is 3. The van der Waals surface area contributed by atoms with E-state index in [1.165, 1.54) is 29.2 Å². The maximum Gasteiger partial charge on any atom is 0.124 e. The first-order valence-electron chi connectivity index (χ1n) is 8.20. The molecule has 0 aromatic heterocycles. The Balaban J connectivity index is 2.13. The summed E-state index contributed by atoms with van der Waals surface area (Å²) in [6, 6.07) is 12.7. The van der Waals surface area contributed by atoms with Crippen molar-refractivity contribution in [3.05, 3.63) is 42.0 Å². The second-order valence-corrected chi connectivity index (χ2v) is 5.49. The Morgan fingerprint density at radius 2 is 1.86 bits per heavy atom. The normalized spacial score (nSPS) is 11.0. The molecule has 120 valence electrons. The van der Waals surface area contributed by atoms with Gasteiger partial charge in [-0.2, -0.15) is 0 Å². The van der Waals surface area contributed by atoms with Gasteiger partial charge in [0.05, 0.1) is 13.2 Å². The molecule has 0 spiro atoms. The SMILES string of the molecule is CCCCCOc1ccc2ccccc2c1CNCCOC. The maximum atomic E-state index is 6.03. The van der Waals surface area contributed by atoms with E-state index in [0.717, 1.165) is 38.5 Å². The zero-order valence-corrected chi connectivity index (χ0v) is 13.7. The van der Waals surface area contributed by atoms with Crippen LogP contribution in [0, 0.1) is 0 Å². The number of methoxy groups -OCH3 is 1. The van der Waals surface area contributed by atoms with Gasteiger partial charge in [-0.1, -0.05) is 50.1 Å². The van der Waals surface area contributed by atoms with Gasteiger partial charge in [0.25, 0.3) is 0 Å². The van der Waals surface area contributed by atoms with Crippen LogP contribution in [0.25, 0.3) is 10.8 Å². The molecule has 0 aliphatic rings. The Kier molecular flexibility index (Phi) is 7.20. The molecule has 2 aromatic rings. The molecular weight excluding hydrogens is 274 g/mol. The summed E-state index contributed by atoms with van der Waals surface area (Å²) in [5.41, 5.74) is 1.24. The van der Waals surface area contributed by atoms with E-state index in [1.807, 2.05) is 0 Å². The van der Waals surface area contributed by atoms with Crippen LogP contribution in [-0.2, 0) is 11.3 Å². The van der Waals surface area contributed by atoms with E-state index in [4.69, 9.17) is 9.47 Å². The average Bonchev–Trinajstić information content (AvgIpc) is 2.56. The Bertz CT molecular complexity index is 568. The number of ether oxygens (including phenoxy) is 2. The third kappa shape index (κ3) is 4.72. The van der Waals surface area contributed by atoms with Crippen molar-refractivity contribution in [2.45, 2.75) is 32.7 Å². The van der Waals surface area contributed by atoms with Crippen molar-refractivity contribution in [2.24, 2.45) is 0 Å². The molecule has 0 bridgehead atoms. The van der Waals surface area contributed by atoms with Crippen molar-refractivity contribution < 1.29 is 9.47 Å². The summed E-state index contributed by atoms with van der Waals surface area (Å²) in [5, 5.41) is 5.95. The van der Waals surface area contributed by atoms with Crippen molar-refractivity contribution in [2.75, 3.05) is 26.9 Å². The van der Waals surface area contributed by atoms with E-state index in [9.17, 15) is 0 Å². The Morgan fingerprint density at radius 1 is 1.00 bits per heavy atom. The summed E-state index contributed by atoms with van der Waals surface area (Å²) in [5.74, 6) is 1.000. The minimum Gasteiger partial charge on any atom is -0.493 e. The molecule has 0 amide bonds. The number of unbranched alkanes of at least 4 members (excludes halogenated alkanes) is 2. The predicted octanol–water partition coefficient (Wildman–Crippen LogP) is 4.14. The molecule has 2 rings (SSSR count). The fourth-order valence-electron chi connectivity index (χ4n) is 2.56. The first-order valence-corrected chi connectivity index (χ1v) is 8.20. The lowest BCUT2D eigenvalue weighted by Crippen LogP contribution is -2.19. The number of benzene rings is 2. The van der Waals surface area contributed by atoms with Gasteiger partial charge in [0, 0.05) is 25.8 Å². The molecule has 0 saturated carbocycles. The lowest BCUT2D eigenvalue weighted by molar-refractivity contribution is 0.199. The quantitative estimate of drug-likeness (QED) is 0.669. The van der Waals surface area contributed by atoms with Crippen LogP contribution in [0.3, 0.4) is 0 Å². The molecule has 0 fully saturated rings. The van der Waals surface area contributed by atoms with Gasteiger partial charge in [-0.15, -0.1) is 0 Å². The summed E-state index contributed by atoms with van der Waals surface area (Å²) in [4.78, 5) is 0.